The third-order valence-electron chi connectivity index (χ3n) is 2.92. The van der Waals surface area contributed by atoms with Gasteiger partial charge in [-0.25, -0.2) is 4.79 Å². The average molecular weight is 271 g/mol. The minimum atomic E-state index is -0.727. The Morgan fingerprint density at radius 3 is 2.60 bits per heavy atom. The van der Waals surface area contributed by atoms with Crippen LogP contribution in [0, 0.1) is 0 Å². The summed E-state index contributed by atoms with van der Waals surface area (Å²) in [4.78, 5) is 15.8. The highest BCUT2D eigenvalue weighted by Crippen LogP contribution is 2.41. The van der Waals surface area contributed by atoms with Crippen LogP contribution in [0.25, 0.3) is 22.1 Å². The maximum absolute atomic E-state index is 11.9. The highest BCUT2D eigenvalue weighted by molar-refractivity contribution is 5.89. The van der Waals surface area contributed by atoms with Crippen molar-refractivity contribution in [3.63, 3.8) is 0 Å². The number of fused-ring (bicyclic) bond motifs is 1. The van der Waals surface area contributed by atoms with Gasteiger partial charge in [-0.3, -0.25) is 4.98 Å². The highest BCUT2D eigenvalue weighted by Gasteiger charge is 2.16. The van der Waals surface area contributed by atoms with Gasteiger partial charge in [-0.2, -0.15) is 0 Å². The number of rotatable bonds is 1. The van der Waals surface area contributed by atoms with Crippen LogP contribution in [0.4, 0.5) is 0 Å². The van der Waals surface area contributed by atoms with Crippen LogP contribution in [0.1, 0.15) is 0 Å². The summed E-state index contributed by atoms with van der Waals surface area (Å²) in [5.74, 6) is -1.90. The lowest BCUT2D eigenvalue weighted by Crippen LogP contribution is -2.02. The van der Waals surface area contributed by atoms with Gasteiger partial charge >= 0.3 is 5.63 Å². The SMILES string of the molecule is O=c1oc2c(O)c(O)c(O)cc2cc1-c1cccnc1. The van der Waals surface area contributed by atoms with E-state index in [1.54, 1.807) is 18.3 Å². The predicted molar refractivity (Wildman–Crippen MR) is 70.7 cm³/mol. The molecule has 0 atom stereocenters. The second-order valence-electron chi connectivity index (χ2n) is 4.20. The van der Waals surface area contributed by atoms with Crippen molar-refractivity contribution < 1.29 is 19.7 Å². The molecule has 0 amide bonds. The Hall–Kier alpha value is -3.02. The van der Waals surface area contributed by atoms with Gasteiger partial charge in [-0.15, -0.1) is 0 Å². The molecule has 0 spiro atoms. The zero-order valence-electron chi connectivity index (χ0n) is 10.1. The molecule has 0 aliphatic rings. The van der Waals surface area contributed by atoms with E-state index in [0.29, 0.717) is 5.56 Å². The number of phenolic OH excluding ortho intramolecular Hbond substituents is 3. The molecule has 2 aromatic heterocycles. The van der Waals surface area contributed by atoms with E-state index >= 15 is 0 Å². The molecule has 0 aliphatic heterocycles. The van der Waals surface area contributed by atoms with Crippen molar-refractivity contribution in [1.82, 2.24) is 4.98 Å². The minimum absolute atomic E-state index is 0.182. The second kappa shape index (κ2) is 4.27. The van der Waals surface area contributed by atoms with Gasteiger partial charge in [0.1, 0.15) is 0 Å². The normalized spacial score (nSPS) is 10.8. The van der Waals surface area contributed by atoms with Crippen LogP contribution in [-0.2, 0) is 0 Å². The Labute approximate surface area is 112 Å². The Morgan fingerprint density at radius 1 is 1.10 bits per heavy atom. The second-order valence-corrected chi connectivity index (χ2v) is 4.20. The van der Waals surface area contributed by atoms with Crippen molar-refractivity contribution in [2.45, 2.75) is 0 Å². The van der Waals surface area contributed by atoms with Crippen molar-refractivity contribution in [3.8, 4) is 28.4 Å². The van der Waals surface area contributed by atoms with Crippen molar-refractivity contribution >= 4 is 11.0 Å². The number of nitrogens with zero attached hydrogens (tertiary/aromatic N) is 1. The molecule has 1 aromatic carbocycles. The molecule has 6 nitrogen and oxygen atoms in total. The number of hydrogen-bond acceptors (Lipinski definition) is 6. The van der Waals surface area contributed by atoms with Crippen molar-refractivity contribution in [2.75, 3.05) is 0 Å². The first kappa shape index (κ1) is 12.0. The topological polar surface area (TPSA) is 104 Å². The van der Waals surface area contributed by atoms with Gasteiger partial charge in [-0.1, -0.05) is 6.07 Å². The van der Waals surface area contributed by atoms with Crippen LogP contribution in [0.15, 0.2) is 45.9 Å². The fourth-order valence-electron chi connectivity index (χ4n) is 1.95. The largest absolute Gasteiger partial charge is 0.504 e. The van der Waals surface area contributed by atoms with E-state index in [-0.39, 0.29) is 16.5 Å². The monoisotopic (exact) mass is 271 g/mol. The number of aromatic nitrogens is 1. The standard InChI is InChI=1S/C14H9NO5/c16-10-5-8-4-9(7-2-1-3-15-6-7)14(19)20-13(8)12(18)11(10)17/h1-6,16-18H. The fourth-order valence-corrected chi connectivity index (χ4v) is 1.95. The van der Waals surface area contributed by atoms with Crippen molar-refractivity contribution in [1.29, 1.82) is 0 Å². The summed E-state index contributed by atoms with van der Waals surface area (Å²) < 4.78 is 5.01. The number of phenols is 3. The van der Waals surface area contributed by atoms with Crippen LogP contribution in [-0.4, -0.2) is 20.3 Å². The smallest absolute Gasteiger partial charge is 0.344 e. The fraction of sp³-hybridized carbons (Fsp3) is 0. The Balaban J connectivity index is 2.36. The highest BCUT2D eigenvalue weighted by atomic mass is 16.4. The number of hydrogen-bond donors (Lipinski definition) is 3. The molecule has 0 aliphatic carbocycles. The summed E-state index contributed by atoms with van der Waals surface area (Å²) in [5, 5.41) is 28.9. The first-order valence-electron chi connectivity index (χ1n) is 5.70. The Bertz CT molecular complexity index is 855. The zero-order chi connectivity index (χ0) is 14.3. The molecule has 20 heavy (non-hydrogen) atoms. The summed E-state index contributed by atoms with van der Waals surface area (Å²) >= 11 is 0. The third-order valence-corrected chi connectivity index (χ3v) is 2.92. The molecule has 0 bridgehead atoms. The molecule has 0 radical (unpaired) electrons. The lowest BCUT2D eigenvalue weighted by Gasteiger charge is -2.06. The Morgan fingerprint density at radius 2 is 1.90 bits per heavy atom. The lowest BCUT2D eigenvalue weighted by atomic mass is 10.1. The van der Waals surface area contributed by atoms with Crippen LogP contribution in [0.3, 0.4) is 0 Å². The van der Waals surface area contributed by atoms with Crippen molar-refractivity contribution in [3.05, 3.63) is 47.1 Å². The van der Waals surface area contributed by atoms with Crippen LogP contribution in [0.2, 0.25) is 0 Å². The van der Waals surface area contributed by atoms with Gasteiger partial charge < -0.3 is 19.7 Å². The molecule has 3 aromatic rings. The molecule has 3 N–H and O–H groups in total. The van der Waals surface area contributed by atoms with Crippen LogP contribution in [0.5, 0.6) is 17.2 Å². The van der Waals surface area contributed by atoms with E-state index in [1.165, 1.54) is 18.3 Å². The van der Waals surface area contributed by atoms with E-state index < -0.39 is 22.9 Å². The van der Waals surface area contributed by atoms with Crippen LogP contribution < -0.4 is 5.63 Å². The van der Waals surface area contributed by atoms with Gasteiger partial charge in [0.2, 0.25) is 11.5 Å². The van der Waals surface area contributed by atoms with E-state index in [4.69, 9.17) is 4.42 Å². The maximum Gasteiger partial charge on any atom is 0.344 e. The van der Waals surface area contributed by atoms with Crippen molar-refractivity contribution in [2.24, 2.45) is 0 Å². The molecule has 0 unspecified atom stereocenters. The lowest BCUT2D eigenvalue weighted by molar-refractivity contribution is 0.365. The summed E-state index contributed by atoms with van der Waals surface area (Å²) in [6, 6.07) is 6.01. The maximum atomic E-state index is 11.9. The van der Waals surface area contributed by atoms with Gasteiger partial charge in [0.05, 0.1) is 5.56 Å². The average Bonchev–Trinajstić information content (AvgIpc) is 2.46. The molecular weight excluding hydrogens is 262 g/mol. The first-order chi connectivity index (χ1) is 9.58. The molecule has 2 heterocycles. The van der Waals surface area contributed by atoms with Gasteiger partial charge in [0, 0.05) is 23.3 Å². The zero-order valence-corrected chi connectivity index (χ0v) is 10.1. The minimum Gasteiger partial charge on any atom is -0.504 e. The molecule has 0 fully saturated rings. The molecule has 3 rings (SSSR count). The quantitative estimate of drug-likeness (QED) is 0.461. The number of pyridine rings is 1. The predicted octanol–water partition coefficient (Wildman–Crippen LogP) is 1.97. The molecular formula is C14H9NO5. The van der Waals surface area contributed by atoms with E-state index in [1.807, 2.05) is 0 Å². The van der Waals surface area contributed by atoms with Crippen LogP contribution >= 0.6 is 0 Å². The van der Waals surface area contributed by atoms with Gasteiger partial charge in [0.15, 0.2) is 11.3 Å². The van der Waals surface area contributed by atoms with E-state index in [0.717, 1.165) is 0 Å². The van der Waals surface area contributed by atoms with E-state index in [9.17, 15) is 20.1 Å². The van der Waals surface area contributed by atoms with E-state index in [2.05, 4.69) is 4.98 Å². The summed E-state index contributed by atoms with van der Waals surface area (Å²) in [6.45, 7) is 0. The molecule has 6 heteroatoms. The first-order valence-corrected chi connectivity index (χ1v) is 5.70. The summed E-state index contributed by atoms with van der Waals surface area (Å²) in [6.07, 6.45) is 3.07. The summed E-state index contributed by atoms with van der Waals surface area (Å²) in [7, 11) is 0. The van der Waals surface area contributed by atoms with Gasteiger partial charge in [-0.05, 0) is 18.2 Å². The van der Waals surface area contributed by atoms with Gasteiger partial charge in [0.25, 0.3) is 0 Å². The molecule has 0 saturated heterocycles. The third kappa shape index (κ3) is 1.74. The number of benzene rings is 1. The summed E-state index contributed by atoms with van der Waals surface area (Å²) in [5.41, 5.74) is -0.0610. The molecule has 100 valence electrons. The Kier molecular flexibility index (Phi) is 2.57. The number of aromatic hydroxyl groups is 3. The molecule has 0 saturated carbocycles.